The molecule has 4 aromatic rings. The van der Waals surface area contributed by atoms with Crippen LogP contribution in [0, 0.1) is 0 Å². The van der Waals surface area contributed by atoms with Gasteiger partial charge in [-0.05, 0) is 23.1 Å². The first-order valence-corrected chi connectivity index (χ1v) is 14.5. The monoisotopic (exact) mass is 564 g/mol. The summed E-state index contributed by atoms with van der Waals surface area (Å²) in [6.45, 7) is 1.99. The first kappa shape index (κ1) is 27.5. The van der Waals surface area contributed by atoms with Crippen LogP contribution in [0.2, 0.25) is 5.02 Å². The van der Waals surface area contributed by atoms with Gasteiger partial charge in [-0.15, -0.1) is 0 Å². The molecule has 0 saturated carbocycles. The number of amidine groups is 1. The number of hydrogen-bond donors (Lipinski definition) is 2. The standard InChI is InChI=1S/C30H22ClN2O4S.Na/c1-18(29(35)36)24-8-4-5-9-25(24)32-30-33-28(34)27(38-30)16-22-14-20-6-2-3-7-21(20)15-26(22)37-17-19-10-12-23(31)13-11-19;/h2-3,5-16,18H,17H2,1H3,(H,35,36)(H,32,33,34);. The normalized spacial score (nSPS) is 14.9. The molecule has 9 heteroatoms. The molecule has 0 bridgehead atoms. The van der Waals surface area contributed by atoms with Crippen molar-refractivity contribution in [2.75, 3.05) is 5.32 Å². The Hall–Kier alpha value is -3.07. The number of carbonyl (C=O) groups is 2. The first-order valence-electron chi connectivity index (χ1n) is 12.3. The van der Waals surface area contributed by atoms with Gasteiger partial charge in [-0.1, -0.05) is 48.0 Å². The van der Waals surface area contributed by atoms with E-state index in [-0.39, 0.29) is 5.91 Å². The van der Waals surface area contributed by atoms with E-state index in [4.69, 9.17) is 16.3 Å². The molecule has 0 radical (unpaired) electrons. The number of carbonyl (C=O) groups excluding carboxylic acids is 1. The summed E-state index contributed by atoms with van der Waals surface area (Å²) in [7, 11) is 0. The maximum atomic E-state index is 12.9. The summed E-state index contributed by atoms with van der Waals surface area (Å²) >= 11 is 8.03. The van der Waals surface area contributed by atoms with Crippen molar-refractivity contribution in [3.63, 3.8) is 0 Å². The van der Waals surface area contributed by atoms with Gasteiger partial charge in [0.1, 0.15) is 6.61 Å². The molecule has 0 spiro atoms. The summed E-state index contributed by atoms with van der Waals surface area (Å²) in [5.74, 6) is -1.33. The minimum atomic E-state index is -0.912. The van der Waals surface area contributed by atoms with E-state index < -0.39 is 11.9 Å². The van der Waals surface area contributed by atoms with Crippen molar-refractivity contribution in [3.05, 3.63) is 105 Å². The average molecular weight is 565 g/mol. The number of nitrogens with one attached hydrogen (secondary N) is 1. The number of carboxylic acid groups (broad SMARTS) is 1. The summed E-state index contributed by atoms with van der Waals surface area (Å²) in [5, 5.41) is 15.8. The van der Waals surface area contributed by atoms with E-state index in [1.54, 1.807) is 13.0 Å². The number of nitrogens with zero attached hydrogens (tertiary/aromatic N) is 1. The Morgan fingerprint density at radius 3 is 2.54 bits per heavy atom. The Morgan fingerprint density at radius 2 is 1.82 bits per heavy atom. The molecule has 0 saturated heterocycles. The summed E-state index contributed by atoms with van der Waals surface area (Å²) < 4.78 is 7.29. The van der Waals surface area contributed by atoms with Crippen LogP contribution in [-0.4, -0.2) is 50.1 Å². The van der Waals surface area contributed by atoms with Crippen LogP contribution in [0.25, 0.3) is 16.8 Å². The van der Waals surface area contributed by atoms with Gasteiger partial charge in [-0.3, -0.25) is 0 Å². The second-order valence-corrected chi connectivity index (χ2v) is 11.9. The second kappa shape index (κ2) is 12.0. The van der Waals surface area contributed by atoms with Gasteiger partial charge in [0.25, 0.3) is 0 Å². The molecule has 6 nitrogen and oxygen atoms in total. The predicted octanol–water partition coefficient (Wildman–Crippen LogP) is 6.14. The number of thioether (sulfide) groups is 1. The van der Waals surface area contributed by atoms with Gasteiger partial charge >= 0.3 is 171 Å². The van der Waals surface area contributed by atoms with E-state index >= 15 is 0 Å². The van der Waals surface area contributed by atoms with Crippen LogP contribution in [0.3, 0.4) is 0 Å². The number of ether oxygens (including phenoxy) is 1. The Balaban J connectivity index is 1.42. The molecule has 1 aliphatic rings. The van der Waals surface area contributed by atoms with Crippen molar-refractivity contribution in [1.29, 1.82) is 0 Å². The van der Waals surface area contributed by atoms with Gasteiger partial charge in [0.15, 0.2) is 0 Å². The molecule has 4 aromatic carbocycles. The van der Waals surface area contributed by atoms with Crippen LogP contribution in [0.4, 0.5) is 5.69 Å². The zero-order valence-electron chi connectivity index (χ0n) is 21.3. The molecule has 1 amide bonds. The zero-order chi connectivity index (χ0) is 27.5. The van der Waals surface area contributed by atoms with E-state index in [1.807, 2.05) is 78.9 Å². The molecule has 0 fully saturated rings. The molecule has 1 heterocycles. The summed E-state index contributed by atoms with van der Waals surface area (Å²) in [6.07, 6.45) is 1.79. The van der Waals surface area contributed by atoms with E-state index in [9.17, 15) is 14.7 Å². The predicted molar refractivity (Wildman–Crippen MR) is 159 cm³/mol. The van der Waals surface area contributed by atoms with Gasteiger partial charge in [0, 0.05) is 5.02 Å². The van der Waals surface area contributed by atoms with Gasteiger partial charge in [0.2, 0.25) is 0 Å². The number of amides is 1. The second-order valence-electron chi connectivity index (χ2n) is 9.26. The molecular weight excluding hydrogens is 543 g/mol. The van der Waals surface area contributed by atoms with Crippen LogP contribution in [0.1, 0.15) is 29.5 Å². The SMILES string of the molecule is CC(C(=O)O)c1c[c]([Na])ccc1NC1=NC(=O)C(=Cc2cc3ccccc3cc2OCc2ccc(Cl)cc2)S1. The summed E-state index contributed by atoms with van der Waals surface area (Å²) in [4.78, 5) is 29.2. The van der Waals surface area contributed by atoms with E-state index in [2.05, 4.69) is 10.3 Å². The number of rotatable bonds is 7. The Morgan fingerprint density at radius 1 is 1.10 bits per heavy atom. The number of hydrogen-bond acceptors (Lipinski definition) is 5. The molecule has 1 atom stereocenters. The molecule has 0 aliphatic carbocycles. The molecule has 0 aromatic heterocycles. The molecular formula is C30H22ClN2NaO4S. The Labute approximate surface area is 252 Å². The fourth-order valence-electron chi connectivity index (χ4n) is 4.22. The van der Waals surface area contributed by atoms with Crippen molar-refractivity contribution in [2.24, 2.45) is 4.99 Å². The number of carboxylic acids is 1. The minimum absolute atomic E-state index is 0.344. The Bertz CT molecular complexity index is 1650. The van der Waals surface area contributed by atoms with Crippen molar-refractivity contribution in [1.82, 2.24) is 0 Å². The van der Waals surface area contributed by atoms with Crippen LogP contribution >= 0.6 is 23.4 Å². The van der Waals surface area contributed by atoms with Gasteiger partial charge in [-0.25, -0.2) is 0 Å². The third-order valence-electron chi connectivity index (χ3n) is 6.38. The molecule has 2 N–H and O–H groups in total. The van der Waals surface area contributed by atoms with Crippen molar-refractivity contribution >= 4 is 93.7 Å². The third kappa shape index (κ3) is 6.57. The summed E-state index contributed by atoms with van der Waals surface area (Å²) in [6, 6.07) is 25.1. The molecule has 5 rings (SSSR count). The van der Waals surface area contributed by atoms with Gasteiger partial charge < -0.3 is 0 Å². The number of benzene rings is 4. The molecule has 1 aliphatic heterocycles. The van der Waals surface area contributed by atoms with Gasteiger partial charge in [-0.2, -0.15) is 0 Å². The van der Waals surface area contributed by atoms with E-state index in [0.29, 0.717) is 38.7 Å². The quantitative estimate of drug-likeness (QED) is 0.207. The number of aliphatic carboxylic acids is 1. The number of fused-ring (bicyclic) bond motifs is 1. The molecule has 1 unspecified atom stereocenters. The summed E-state index contributed by atoms with van der Waals surface area (Å²) in [5.41, 5.74) is 3.02. The third-order valence-corrected chi connectivity index (χ3v) is 8.15. The van der Waals surface area contributed by atoms with Crippen molar-refractivity contribution < 1.29 is 19.4 Å². The molecule has 39 heavy (non-hydrogen) atoms. The maximum absolute atomic E-state index is 12.9. The fourth-order valence-corrected chi connectivity index (χ4v) is 5.64. The van der Waals surface area contributed by atoms with Crippen LogP contribution in [0.5, 0.6) is 5.75 Å². The van der Waals surface area contributed by atoms with E-state index in [1.165, 1.54) is 11.8 Å². The number of anilines is 1. The zero-order valence-corrected chi connectivity index (χ0v) is 24.8. The number of aliphatic imine (C=N–C) groups is 1. The average Bonchev–Trinajstić information content (AvgIpc) is 3.26. The van der Waals surface area contributed by atoms with E-state index in [0.717, 1.165) is 52.6 Å². The Kier molecular flexibility index (Phi) is 8.45. The van der Waals surface area contributed by atoms with Crippen LogP contribution in [-0.2, 0) is 16.2 Å². The molecule has 190 valence electrons. The topological polar surface area (TPSA) is 88.0 Å². The van der Waals surface area contributed by atoms with Crippen molar-refractivity contribution in [2.45, 2.75) is 19.4 Å². The van der Waals surface area contributed by atoms with Crippen LogP contribution < -0.4 is 12.9 Å². The first-order chi connectivity index (χ1) is 18.8. The van der Waals surface area contributed by atoms with Crippen LogP contribution in [0.15, 0.2) is 88.8 Å². The van der Waals surface area contributed by atoms with Gasteiger partial charge in [0.05, 0.1) is 0 Å². The fraction of sp³-hybridized carbons (Fsp3) is 0.100. The number of halogens is 1. The van der Waals surface area contributed by atoms with Crippen molar-refractivity contribution in [3.8, 4) is 5.75 Å².